The van der Waals surface area contributed by atoms with Crippen LogP contribution in [0.2, 0.25) is 0 Å². The fourth-order valence-corrected chi connectivity index (χ4v) is 1.62. The molecule has 0 fully saturated rings. The van der Waals surface area contributed by atoms with Gasteiger partial charge in [0.2, 0.25) is 5.95 Å². The number of ether oxygens (including phenoxy) is 1. The van der Waals surface area contributed by atoms with Crippen LogP contribution in [0.25, 0.3) is 11.3 Å². The van der Waals surface area contributed by atoms with E-state index in [2.05, 4.69) is 9.97 Å². The summed E-state index contributed by atoms with van der Waals surface area (Å²) in [6.45, 7) is 0. The summed E-state index contributed by atoms with van der Waals surface area (Å²) in [6.07, 6.45) is 0. The van der Waals surface area contributed by atoms with Gasteiger partial charge < -0.3 is 16.2 Å². The number of rotatable bonds is 2. The van der Waals surface area contributed by atoms with Gasteiger partial charge in [0.15, 0.2) is 11.6 Å². The predicted molar refractivity (Wildman–Crippen MR) is 67.5 cm³/mol. The van der Waals surface area contributed by atoms with E-state index >= 15 is 0 Å². The number of hydrogen-bond donors (Lipinski definition) is 2. The molecule has 0 aliphatic rings. The molecule has 7 heteroatoms. The number of nitriles is 1. The number of aromatic nitrogens is 2. The van der Waals surface area contributed by atoms with Crippen molar-refractivity contribution in [1.29, 1.82) is 5.26 Å². The summed E-state index contributed by atoms with van der Waals surface area (Å²) in [5.74, 6) is -0.556. The highest BCUT2D eigenvalue weighted by atomic mass is 19.1. The van der Waals surface area contributed by atoms with E-state index in [1.54, 1.807) is 0 Å². The van der Waals surface area contributed by atoms with Crippen LogP contribution in [-0.2, 0) is 0 Å². The molecule has 0 saturated heterocycles. The molecule has 1 aromatic carbocycles. The Labute approximate surface area is 108 Å². The molecule has 0 unspecified atom stereocenters. The molecule has 0 radical (unpaired) electrons. The largest absolute Gasteiger partial charge is 0.494 e. The topological polar surface area (TPSA) is 111 Å². The zero-order valence-electron chi connectivity index (χ0n) is 10.0. The van der Waals surface area contributed by atoms with Gasteiger partial charge in [-0.2, -0.15) is 10.2 Å². The Morgan fingerprint density at radius 3 is 2.68 bits per heavy atom. The molecule has 4 N–H and O–H groups in total. The molecule has 0 aliphatic carbocycles. The molecular weight excluding hydrogens is 249 g/mol. The van der Waals surface area contributed by atoms with Gasteiger partial charge in [0, 0.05) is 5.56 Å². The van der Waals surface area contributed by atoms with Gasteiger partial charge in [-0.3, -0.25) is 0 Å². The summed E-state index contributed by atoms with van der Waals surface area (Å²) in [4.78, 5) is 7.67. The standard InChI is InChI=1S/C12H10FN5O/c1-19-9-4-6(2-3-8(9)13)10-7(5-14)11(15)18-12(16)17-10/h2-4H,1H3,(H4,15,16,17,18). The minimum atomic E-state index is -0.514. The molecule has 0 aliphatic heterocycles. The van der Waals surface area contributed by atoms with Crippen molar-refractivity contribution >= 4 is 11.8 Å². The van der Waals surface area contributed by atoms with E-state index in [0.29, 0.717) is 5.56 Å². The number of nitrogen functional groups attached to an aromatic ring is 2. The molecule has 96 valence electrons. The molecule has 2 rings (SSSR count). The predicted octanol–water partition coefficient (Wildman–Crippen LogP) is 1.33. The van der Waals surface area contributed by atoms with E-state index in [9.17, 15) is 4.39 Å². The SMILES string of the molecule is COc1cc(-c2nc(N)nc(N)c2C#N)ccc1F. The maximum atomic E-state index is 13.4. The molecule has 0 spiro atoms. The number of nitrogens with two attached hydrogens (primary N) is 2. The second-order valence-electron chi connectivity index (χ2n) is 3.65. The fourth-order valence-electron chi connectivity index (χ4n) is 1.62. The number of methoxy groups -OCH3 is 1. The van der Waals surface area contributed by atoms with Crippen LogP contribution in [0.5, 0.6) is 5.75 Å². The van der Waals surface area contributed by atoms with Crippen molar-refractivity contribution in [3.05, 3.63) is 29.6 Å². The van der Waals surface area contributed by atoms with Gasteiger partial charge in [0.25, 0.3) is 0 Å². The first kappa shape index (κ1) is 12.6. The average Bonchev–Trinajstić information content (AvgIpc) is 2.38. The minimum absolute atomic E-state index is 0.0201. The van der Waals surface area contributed by atoms with Gasteiger partial charge in [-0.25, -0.2) is 9.37 Å². The van der Waals surface area contributed by atoms with E-state index in [-0.39, 0.29) is 28.8 Å². The highest BCUT2D eigenvalue weighted by Crippen LogP contribution is 2.29. The molecule has 1 heterocycles. The first-order valence-electron chi connectivity index (χ1n) is 5.23. The van der Waals surface area contributed by atoms with Crippen LogP contribution in [0.15, 0.2) is 18.2 Å². The van der Waals surface area contributed by atoms with Gasteiger partial charge in [-0.1, -0.05) is 0 Å². The lowest BCUT2D eigenvalue weighted by atomic mass is 10.1. The second-order valence-corrected chi connectivity index (χ2v) is 3.65. The molecule has 0 amide bonds. The Morgan fingerprint density at radius 1 is 1.32 bits per heavy atom. The average molecular weight is 259 g/mol. The highest BCUT2D eigenvalue weighted by Gasteiger charge is 2.14. The summed E-state index contributed by atoms with van der Waals surface area (Å²) in [6, 6.07) is 5.99. The van der Waals surface area contributed by atoms with Crippen LogP contribution < -0.4 is 16.2 Å². The third-order valence-corrected chi connectivity index (χ3v) is 2.49. The molecule has 0 atom stereocenters. The summed E-state index contributed by atoms with van der Waals surface area (Å²) >= 11 is 0. The number of benzene rings is 1. The lowest BCUT2D eigenvalue weighted by molar-refractivity contribution is 0.387. The third-order valence-electron chi connectivity index (χ3n) is 2.49. The zero-order chi connectivity index (χ0) is 14.0. The highest BCUT2D eigenvalue weighted by molar-refractivity contribution is 5.73. The lowest BCUT2D eigenvalue weighted by Crippen LogP contribution is -2.05. The van der Waals surface area contributed by atoms with E-state index < -0.39 is 5.82 Å². The summed E-state index contributed by atoms with van der Waals surface area (Å²) in [5.41, 5.74) is 11.9. The van der Waals surface area contributed by atoms with Gasteiger partial charge in [-0.05, 0) is 18.2 Å². The van der Waals surface area contributed by atoms with Crippen LogP contribution >= 0.6 is 0 Å². The maximum Gasteiger partial charge on any atom is 0.222 e. The smallest absolute Gasteiger partial charge is 0.222 e. The fraction of sp³-hybridized carbons (Fsp3) is 0.0833. The maximum absolute atomic E-state index is 13.4. The van der Waals surface area contributed by atoms with Crippen LogP contribution in [0, 0.1) is 17.1 Å². The Hall–Kier alpha value is -2.88. The first-order chi connectivity index (χ1) is 9.06. The van der Waals surface area contributed by atoms with E-state index in [0.717, 1.165) is 0 Å². The van der Waals surface area contributed by atoms with Gasteiger partial charge in [-0.15, -0.1) is 0 Å². The quantitative estimate of drug-likeness (QED) is 0.841. The molecule has 0 saturated carbocycles. The molecular formula is C12H10FN5O. The van der Waals surface area contributed by atoms with Crippen molar-refractivity contribution < 1.29 is 9.13 Å². The van der Waals surface area contributed by atoms with Crippen LogP contribution in [0.4, 0.5) is 16.2 Å². The normalized spacial score (nSPS) is 9.95. The van der Waals surface area contributed by atoms with E-state index in [1.165, 1.54) is 25.3 Å². The third kappa shape index (κ3) is 2.24. The number of hydrogen-bond acceptors (Lipinski definition) is 6. The molecule has 0 bridgehead atoms. The van der Waals surface area contributed by atoms with Crippen molar-refractivity contribution in [3.63, 3.8) is 0 Å². The summed E-state index contributed by atoms with van der Waals surface area (Å²) in [7, 11) is 1.34. The van der Waals surface area contributed by atoms with Crippen LogP contribution in [-0.4, -0.2) is 17.1 Å². The van der Waals surface area contributed by atoms with Gasteiger partial charge in [0.05, 0.1) is 12.8 Å². The molecule has 1 aromatic heterocycles. The number of nitrogens with zero attached hydrogens (tertiary/aromatic N) is 3. The molecule has 2 aromatic rings. The first-order valence-corrected chi connectivity index (χ1v) is 5.23. The Morgan fingerprint density at radius 2 is 2.05 bits per heavy atom. The van der Waals surface area contributed by atoms with Crippen molar-refractivity contribution in [2.24, 2.45) is 0 Å². The molecule has 19 heavy (non-hydrogen) atoms. The van der Waals surface area contributed by atoms with Gasteiger partial charge >= 0.3 is 0 Å². The lowest BCUT2D eigenvalue weighted by Gasteiger charge is -2.08. The summed E-state index contributed by atoms with van der Waals surface area (Å²) in [5, 5.41) is 9.08. The van der Waals surface area contributed by atoms with Crippen LogP contribution in [0.3, 0.4) is 0 Å². The molecule has 6 nitrogen and oxygen atoms in total. The second kappa shape index (κ2) is 4.78. The van der Waals surface area contributed by atoms with Crippen molar-refractivity contribution in [1.82, 2.24) is 9.97 Å². The van der Waals surface area contributed by atoms with Crippen LogP contribution in [0.1, 0.15) is 5.56 Å². The number of halogens is 1. The zero-order valence-corrected chi connectivity index (χ0v) is 10.0. The minimum Gasteiger partial charge on any atom is -0.494 e. The van der Waals surface area contributed by atoms with E-state index in [4.69, 9.17) is 21.5 Å². The van der Waals surface area contributed by atoms with Crippen molar-refractivity contribution in [2.45, 2.75) is 0 Å². The Kier molecular flexibility index (Phi) is 3.16. The monoisotopic (exact) mass is 259 g/mol. The van der Waals surface area contributed by atoms with Crippen molar-refractivity contribution in [2.75, 3.05) is 18.6 Å². The number of anilines is 2. The van der Waals surface area contributed by atoms with Gasteiger partial charge in [0.1, 0.15) is 17.5 Å². The Balaban J connectivity index is 2.68. The Bertz CT molecular complexity index is 681. The summed E-state index contributed by atoms with van der Waals surface area (Å²) < 4.78 is 18.2. The van der Waals surface area contributed by atoms with E-state index in [1.807, 2.05) is 6.07 Å². The van der Waals surface area contributed by atoms with Crippen molar-refractivity contribution in [3.8, 4) is 23.1 Å².